The Hall–Kier alpha value is -3.84. The molecule has 14 heteroatoms. The van der Waals surface area contributed by atoms with Gasteiger partial charge in [0.15, 0.2) is 5.75 Å². The number of hydrogen-bond donors (Lipinski definition) is 1. The van der Waals surface area contributed by atoms with E-state index in [4.69, 9.17) is 4.74 Å². The second kappa shape index (κ2) is 10.6. The molecule has 0 spiro atoms. The first-order valence-corrected chi connectivity index (χ1v) is 9.62. The molecule has 35 heavy (non-hydrogen) atoms. The first-order valence-electron chi connectivity index (χ1n) is 9.62. The molecular weight excluding hydrogens is 490 g/mol. The topological polar surface area (TPSA) is 108 Å². The van der Waals surface area contributed by atoms with Crippen molar-refractivity contribution >= 4 is 17.6 Å². The summed E-state index contributed by atoms with van der Waals surface area (Å²) in [5.74, 6) is -2.13. The number of amides is 1. The van der Waals surface area contributed by atoms with Gasteiger partial charge in [-0.15, -0.1) is 0 Å². The van der Waals surface area contributed by atoms with Gasteiger partial charge in [0.05, 0.1) is 36.7 Å². The maximum absolute atomic E-state index is 13.0. The van der Waals surface area contributed by atoms with E-state index in [1.165, 1.54) is 19.2 Å². The number of benzene rings is 2. The summed E-state index contributed by atoms with van der Waals surface area (Å²) < 4.78 is 87.7. The van der Waals surface area contributed by atoms with Crippen molar-refractivity contribution < 1.29 is 50.3 Å². The molecule has 0 saturated carbocycles. The number of alkyl halides is 6. The van der Waals surface area contributed by atoms with Crippen LogP contribution < -0.4 is 10.1 Å². The van der Waals surface area contributed by atoms with Gasteiger partial charge < -0.3 is 14.8 Å². The molecule has 2 aromatic carbocycles. The molecule has 190 valence electrons. The van der Waals surface area contributed by atoms with Crippen LogP contribution in [0.1, 0.15) is 22.3 Å². The number of ether oxygens (including phenoxy) is 2. The van der Waals surface area contributed by atoms with Crippen LogP contribution in [0.25, 0.3) is 0 Å². The Morgan fingerprint density at radius 2 is 1.54 bits per heavy atom. The van der Waals surface area contributed by atoms with Crippen molar-refractivity contribution in [2.45, 2.75) is 31.2 Å². The zero-order chi connectivity index (χ0) is 26.6. The van der Waals surface area contributed by atoms with E-state index < -0.39 is 64.0 Å². The number of carbonyl (C=O) groups is 2. The number of carbonyl (C=O) groups excluding carboxylic acids is 2. The highest BCUT2D eigenvalue weighted by Gasteiger charge is 2.37. The van der Waals surface area contributed by atoms with Gasteiger partial charge in [-0.1, -0.05) is 6.07 Å². The van der Waals surface area contributed by atoms with Crippen molar-refractivity contribution in [2.24, 2.45) is 0 Å². The van der Waals surface area contributed by atoms with Crippen LogP contribution >= 0.6 is 0 Å². The van der Waals surface area contributed by atoms with Gasteiger partial charge in [-0.05, 0) is 35.4 Å². The maximum atomic E-state index is 13.0. The molecule has 0 radical (unpaired) electrons. The number of rotatable bonds is 8. The zero-order valence-corrected chi connectivity index (χ0v) is 18.1. The van der Waals surface area contributed by atoms with Crippen LogP contribution in [0.5, 0.6) is 5.75 Å². The minimum atomic E-state index is -5.09. The summed E-state index contributed by atoms with van der Waals surface area (Å²) in [7, 11) is 2.19. The number of nitrogens with one attached hydrogen (secondary N) is 1. The fraction of sp³-hybridized carbons (Fsp3) is 0.333. The van der Waals surface area contributed by atoms with Gasteiger partial charge in [-0.3, -0.25) is 14.9 Å². The average molecular weight is 508 g/mol. The number of methoxy groups -OCH3 is 2. The first-order chi connectivity index (χ1) is 16.1. The van der Waals surface area contributed by atoms with Crippen molar-refractivity contribution in [1.82, 2.24) is 5.32 Å². The lowest BCUT2D eigenvalue weighted by Gasteiger charge is -2.18. The molecule has 0 aromatic heterocycles. The van der Waals surface area contributed by atoms with Crippen molar-refractivity contribution in [3.63, 3.8) is 0 Å². The van der Waals surface area contributed by atoms with Crippen LogP contribution in [0.2, 0.25) is 0 Å². The highest BCUT2D eigenvalue weighted by molar-refractivity contribution is 5.86. The molecule has 0 unspecified atom stereocenters. The van der Waals surface area contributed by atoms with Crippen LogP contribution in [0.15, 0.2) is 36.4 Å². The van der Waals surface area contributed by atoms with Crippen LogP contribution in [0.4, 0.5) is 32.0 Å². The summed E-state index contributed by atoms with van der Waals surface area (Å²) in [4.78, 5) is 35.0. The van der Waals surface area contributed by atoms with Crippen LogP contribution in [-0.2, 0) is 39.5 Å². The molecule has 0 aliphatic heterocycles. The lowest BCUT2D eigenvalue weighted by Crippen LogP contribution is -2.43. The summed E-state index contributed by atoms with van der Waals surface area (Å²) in [5.41, 5.74) is -4.00. The third-order valence-electron chi connectivity index (χ3n) is 4.71. The molecular formula is C21H18F6N2O6. The average Bonchev–Trinajstić information content (AvgIpc) is 2.76. The second-order valence-corrected chi connectivity index (χ2v) is 7.20. The Labute approximate surface area is 194 Å². The van der Waals surface area contributed by atoms with Crippen molar-refractivity contribution in [2.75, 3.05) is 14.2 Å². The molecule has 0 aliphatic carbocycles. The molecule has 0 bridgehead atoms. The molecule has 8 nitrogen and oxygen atoms in total. The Balaban J connectivity index is 2.29. The predicted octanol–water partition coefficient (Wildman–Crippen LogP) is 4.08. The number of nitro groups is 1. The van der Waals surface area contributed by atoms with Gasteiger partial charge in [-0.25, -0.2) is 4.79 Å². The summed E-state index contributed by atoms with van der Waals surface area (Å²) in [6.07, 6.45) is -11.4. The number of halogens is 6. The van der Waals surface area contributed by atoms with Gasteiger partial charge in [0, 0.05) is 12.5 Å². The molecule has 2 aromatic rings. The SMILES string of the molecule is COC(=O)[C@H](Cc1ccc(OC)c([N+](=O)[O-])c1)NC(=O)Cc1cc(C(F)(F)F)cc(C(F)(F)F)c1. The van der Waals surface area contributed by atoms with Crippen molar-refractivity contribution in [3.8, 4) is 5.75 Å². The number of nitrogens with zero attached hydrogens (tertiary/aromatic N) is 1. The van der Waals surface area contributed by atoms with Crippen LogP contribution in [-0.4, -0.2) is 37.1 Å². The standard InChI is InChI=1S/C21H18F6N2O6/c1-34-17-4-3-11(8-16(17)29(32)33)7-15(19(31)35-2)28-18(30)9-12-5-13(20(22,23)24)10-14(6-12)21(25,26)27/h3-6,8,10,15H,7,9H2,1-2H3,(H,28,30)/t15-/m0/s1. The first kappa shape index (κ1) is 27.4. The van der Waals surface area contributed by atoms with E-state index in [9.17, 15) is 46.0 Å². The molecule has 1 atom stereocenters. The predicted molar refractivity (Wildman–Crippen MR) is 107 cm³/mol. The number of hydrogen-bond acceptors (Lipinski definition) is 6. The van der Waals surface area contributed by atoms with E-state index in [-0.39, 0.29) is 23.8 Å². The van der Waals surface area contributed by atoms with Gasteiger partial charge in [-0.2, -0.15) is 26.3 Å². The molecule has 1 N–H and O–H groups in total. The fourth-order valence-corrected chi connectivity index (χ4v) is 3.13. The van der Waals surface area contributed by atoms with Crippen LogP contribution in [0, 0.1) is 10.1 Å². The molecule has 2 rings (SSSR count). The number of nitro benzene ring substituents is 1. The molecule has 0 aliphatic rings. The minimum absolute atomic E-state index is 0.0672. The molecule has 0 fully saturated rings. The van der Waals surface area contributed by atoms with Crippen molar-refractivity contribution in [3.05, 3.63) is 68.8 Å². The highest BCUT2D eigenvalue weighted by atomic mass is 19.4. The van der Waals surface area contributed by atoms with Gasteiger partial charge in [0.25, 0.3) is 0 Å². The summed E-state index contributed by atoms with van der Waals surface area (Å²) >= 11 is 0. The van der Waals surface area contributed by atoms with Crippen LogP contribution in [0.3, 0.4) is 0 Å². The summed E-state index contributed by atoms with van der Waals surface area (Å²) in [6, 6.07) is 3.00. The van der Waals surface area contributed by atoms with Gasteiger partial charge in [0.2, 0.25) is 5.91 Å². The zero-order valence-electron chi connectivity index (χ0n) is 18.1. The van der Waals surface area contributed by atoms with Gasteiger partial charge >= 0.3 is 24.0 Å². The Kier molecular flexibility index (Phi) is 8.31. The minimum Gasteiger partial charge on any atom is -0.490 e. The molecule has 0 saturated heterocycles. The van der Waals surface area contributed by atoms with E-state index in [1.54, 1.807) is 0 Å². The third-order valence-corrected chi connectivity index (χ3v) is 4.71. The lowest BCUT2D eigenvalue weighted by molar-refractivity contribution is -0.385. The maximum Gasteiger partial charge on any atom is 0.416 e. The Bertz CT molecular complexity index is 1080. The number of esters is 1. The largest absolute Gasteiger partial charge is 0.490 e. The van der Waals surface area contributed by atoms with E-state index in [1.807, 2.05) is 0 Å². The highest BCUT2D eigenvalue weighted by Crippen LogP contribution is 2.36. The molecule has 1 amide bonds. The quantitative estimate of drug-likeness (QED) is 0.249. The van der Waals surface area contributed by atoms with E-state index in [2.05, 4.69) is 10.1 Å². The van der Waals surface area contributed by atoms with E-state index in [0.717, 1.165) is 13.2 Å². The monoisotopic (exact) mass is 508 g/mol. The normalized spacial score (nSPS) is 12.6. The fourth-order valence-electron chi connectivity index (χ4n) is 3.13. The van der Waals surface area contributed by atoms with Gasteiger partial charge in [0.1, 0.15) is 6.04 Å². The molecule has 0 heterocycles. The Morgan fingerprint density at radius 3 is 2.00 bits per heavy atom. The third kappa shape index (κ3) is 7.32. The van der Waals surface area contributed by atoms with E-state index >= 15 is 0 Å². The van der Waals surface area contributed by atoms with E-state index in [0.29, 0.717) is 12.1 Å². The van der Waals surface area contributed by atoms with Crippen molar-refractivity contribution in [1.29, 1.82) is 0 Å². The lowest BCUT2D eigenvalue weighted by atomic mass is 10.0. The summed E-state index contributed by atoms with van der Waals surface area (Å²) in [5, 5.41) is 13.4. The Morgan fingerprint density at radius 1 is 0.971 bits per heavy atom. The summed E-state index contributed by atoms with van der Waals surface area (Å²) in [6.45, 7) is 0. The second-order valence-electron chi connectivity index (χ2n) is 7.20. The smallest absolute Gasteiger partial charge is 0.416 e.